The zero-order chi connectivity index (χ0) is 27.2. The Kier molecular flexibility index (Phi) is 8.65. The molecule has 0 aliphatic carbocycles. The van der Waals surface area contributed by atoms with E-state index in [1.165, 1.54) is 5.56 Å². The minimum Gasteiger partial charge on any atom is -0.462 e. The van der Waals surface area contributed by atoms with Gasteiger partial charge in [0.25, 0.3) is 5.91 Å². The Morgan fingerprint density at radius 2 is 1.72 bits per heavy atom. The highest BCUT2D eigenvalue weighted by Gasteiger charge is 2.42. The molecule has 3 N–H and O–H groups in total. The number of aliphatic hydroxyl groups is 2. The number of amides is 1. The monoisotopic (exact) mass is 533 g/mol. The van der Waals surface area contributed by atoms with E-state index >= 15 is 0 Å². The summed E-state index contributed by atoms with van der Waals surface area (Å²) in [5.41, 5.74) is 2.16. The van der Waals surface area contributed by atoms with Crippen LogP contribution >= 0.6 is 0 Å². The van der Waals surface area contributed by atoms with E-state index < -0.39 is 17.6 Å². The van der Waals surface area contributed by atoms with Crippen LogP contribution in [0, 0.1) is 5.41 Å². The molecule has 39 heavy (non-hydrogen) atoms. The second kappa shape index (κ2) is 12.3. The fourth-order valence-electron chi connectivity index (χ4n) is 5.97. The maximum atomic E-state index is 13.6. The molecule has 8 heteroatoms. The highest BCUT2D eigenvalue weighted by molar-refractivity contribution is 6.06. The second-order valence-corrected chi connectivity index (χ2v) is 11.1. The summed E-state index contributed by atoms with van der Waals surface area (Å²) in [4.78, 5) is 34.3. The van der Waals surface area contributed by atoms with Crippen molar-refractivity contribution in [1.29, 1.82) is 0 Å². The van der Waals surface area contributed by atoms with Gasteiger partial charge in [0.1, 0.15) is 12.7 Å². The number of likely N-dealkylation sites (tertiary alicyclic amines) is 1. The summed E-state index contributed by atoms with van der Waals surface area (Å²) in [7, 11) is 0. The molecule has 2 aliphatic heterocycles. The lowest BCUT2D eigenvalue weighted by Crippen LogP contribution is -2.45. The Labute approximate surface area is 229 Å². The van der Waals surface area contributed by atoms with Crippen LogP contribution in [0.25, 0.3) is 10.9 Å². The molecule has 0 bridgehead atoms. The van der Waals surface area contributed by atoms with Crippen molar-refractivity contribution in [1.82, 2.24) is 14.8 Å². The number of cyclic esters (lactones) is 1. The van der Waals surface area contributed by atoms with Crippen molar-refractivity contribution >= 4 is 22.8 Å². The van der Waals surface area contributed by atoms with Crippen molar-refractivity contribution in [3.05, 3.63) is 71.9 Å². The summed E-state index contributed by atoms with van der Waals surface area (Å²) in [6, 6.07) is 17.9. The van der Waals surface area contributed by atoms with Crippen molar-refractivity contribution in [2.75, 3.05) is 32.8 Å². The smallest absolute Gasteiger partial charge is 0.312 e. The maximum Gasteiger partial charge on any atom is 0.312 e. The number of H-pyrrole nitrogens is 1. The number of fused-ring (bicyclic) bond motifs is 1. The van der Waals surface area contributed by atoms with Crippen LogP contribution in [0.15, 0.2) is 60.8 Å². The third kappa shape index (κ3) is 6.35. The van der Waals surface area contributed by atoms with E-state index in [4.69, 9.17) is 4.74 Å². The lowest BCUT2D eigenvalue weighted by atomic mass is 9.74. The van der Waals surface area contributed by atoms with Crippen LogP contribution in [-0.2, 0) is 16.1 Å². The van der Waals surface area contributed by atoms with E-state index in [1.807, 2.05) is 48.7 Å². The number of piperidine rings is 1. The first-order valence-corrected chi connectivity index (χ1v) is 14.1. The Hall–Kier alpha value is -3.20. The highest BCUT2D eigenvalue weighted by atomic mass is 16.5. The molecule has 2 atom stereocenters. The molecule has 2 aliphatic rings. The zero-order valence-corrected chi connectivity index (χ0v) is 22.4. The molecule has 208 valence electrons. The molecule has 2 aromatic carbocycles. The van der Waals surface area contributed by atoms with E-state index in [0.717, 1.165) is 43.4 Å². The number of nitrogens with one attached hydrogen (secondary N) is 1. The largest absolute Gasteiger partial charge is 0.462 e. The van der Waals surface area contributed by atoms with Crippen molar-refractivity contribution in [3.8, 4) is 0 Å². The molecule has 1 amide bonds. The topological polar surface area (TPSA) is 106 Å². The molecule has 3 aromatic rings. The number of carbonyl (C=O) groups excluding carboxylic acids is 2. The summed E-state index contributed by atoms with van der Waals surface area (Å²) in [6.45, 7) is 3.02. The van der Waals surface area contributed by atoms with Gasteiger partial charge >= 0.3 is 5.97 Å². The number of aromatic amines is 1. The molecule has 1 spiro atoms. The van der Waals surface area contributed by atoms with Gasteiger partial charge in [-0.3, -0.25) is 14.5 Å². The molecule has 8 nitrogen and oxygen atoms in total. The molecular formula is C31H39N3O5. The van der Waals surface area contributed by atoms with E-state index in [2.05, 4.69) is 22.0 Å². The summed E-state index contributed by atoms with van der Waals surface area (Å²) in [5.74, 6) is -0.368. The summed E-state index contributed by atoms with van der Waals surface area (Å²) >= 11 is 0. The lowest BCUT2D eigenvalue weighted by molar-refractivity contribution is -0.165. The van der Waals surface area contributed by atoms with Gasteiger partial charge in [-0.2, -0.15) is 0 Å². The number of hydrogen-bond donors (Lipinski definition) is 3. The Balaban J connectivity index is 1.28. The second-order valence-electron chi connectivity index (χ2n) is 11.1. The van der Waals surface area contributed by atoms with Crippen LogP contribution in [-0.4, -0.2) is 81.9 Å². The van der Waals surface area contributed by atoms with Gasteiger partial charge in [-0.05, 0) is 69.0 Å². The first-order valence-electron chi connectivity index (χ1n) is 14.1. The van der Waals surface area contributed by atoms with Gasteiger partial charge in [-0.15, -0.1) is 0 Å². The Morgan fingerprint density at radius 3 is 2.51 bits per heavy atom. The number of ether oxygens (including phenoxy) is 1. The van der Waals surface area contributed by atoms with Crippen molar-refractivity contribution < 1.29 is 24.5 Å². The van der Waals surface area contributed by atoms with E-state index in [-0.39, 0.29) is 24.9 Å². The number of esters is 1. The molecule has 2 saturated heterocycles. The van der Waals surface area contributed by atoms with Gasteiger partial charge in [0.2, 0.25) is 0 Å². The Bertz CT molecular complexity index is 1250. The quantitative estimate of drug-likeness (QED) is 0.443. The standard InChI is InChI=1S/C31H39N3O5/c35-27-12-18-34(29(37)25-9-6-10-26-24(25)11-16-32-26)17-5-4-13-31(30(38)39-22-28(27)36)14-19-33(20-15-31)21-23-7-2-1-3-8-23/h1-3,6-11,16,27-28,32,35-36H,4-5,12-15,17-22H2/t27-,28+/m0/s1. The summed E-state index contributed by atoms with van der Waals surface area (Å²) in [6.07, 6.45) is 3.32. The summed E-state index contributed by atoms with van der Waals surface area (Å²) < 4.78 is 5.62. The van der Waals surface area contributed by atoms with Crippen molar-refractivity contribution in [2.24, 2.45) is 5.41 Å². The van der Waals surface area contributed by atoms with Gasteiger partial charge in [-0.25, -0.2) is 0 Å². The third-order valence-electron chi connectivity index (χ3n) is 8.47. The zero-order valence-electron chi connectivity index (χ0n) is 22.4. The van der Waals surface area contributed by atoms with Crippen LogP contribution in [0.2, 0.25) is 0 Å². The molecule has 0 saturated carbocycles. The van der Waals surface area contributed by atoms with Gasteiger partial charge in [0.15, 0.2) is 0 Å². The number of rotatable bonds is 3. The Morgan fingerprint density at radius 1 is 0.923 bits per heavy atom. The van der Waals surface area contributed by atoms with Crippen molar-refractivity contribution in [3.63, 3.8) is 0 Å². The fraction of sp³-hybridized carbons (Fsp3) is 0.484. The van der Waals surface area contributed by atoms with Crippen LogP contribution in [0.4, 0.5) is 0 Å². The fourth-order valence-corrected chi connectivity index (χ4v) is 5.97. The molecule has 1 aromatic heterocycles. The summed E-state index contributed by atoms with van der Waals surface area (Å²) in [5, 5.41) is 22.0. The first-order chi connectivity index (χ1) is 18.9. The number of carbonyl (C=O) groups is 2. The van der Waals surface area contributed by atoms with Gasteiger partial charge in [-0.1, -0.05) is 42.8 Å². The van der Waals surface area contributed by atoms with E-state index in [1.54, 1.807) is 4.90 Å². The lowest BCUT2D eigenvalue weighted by Gasteiger charge is -2.40. The number of benzene rings is 2. The van der Waals surface area contributed by atoms with E-state index in [9.17, 15) is 19.8 Å². The number of aromatic nitrogens is 1. The normalized spacial score (nSPS) is 23.5. The SMILES string of the molecule is O=C(c1cccc2[nH]ccc12)N1CCCCC2(CCN(Cc3ccccc3)CC2)C(=O)OC[C@@H](O)[C@@H](O)CC1. The van der Waals surface area contributed by atoms with E-state index in [0.29, 0.717) is 37.9 Å². The van der Waals surface area contributed by atoms with Gasteiger partial charge in [0.05, 0.1) is 11.5 Å². The molecule has 3 heterocycles. The van der Waals surface area contributed by atoms with Crippen molar-refractivity contribution in [2.45, 2.75) is 57.3 Å². The predicted molar refractivity (Wildman–Crippen MR) is 149 cm³/mol. The highest BCUT2D eigenvalue weighted by Crippen LogP contribution is 2.39. The predicted octanol–water partition coefficient (Wildman–Crippen LogP) is 3.73. The number of hydrogen-bond acceptors (Lipinski definition) is 6. The maximum absolute atomic E-state index is 13.6. The molecule has 2 fully saturated rings. The minimum absolute atomic E-state index is 0.0898. The minimum atomic E-state index is -1.20. The molecular weight excluding hydrogens is 494 g/mol. The number of nitrogens with zero attached hydrogens (tertiary/aromatic N) is 2. The van der Waals surface area contributed by atoms with Crippen LogP contribution in [0.3, 0.4) is 0 Å². The van der Waals surface area contributed by atoms with Gasteiger partial charge in [0, 0.05) is 42.3 Å². The first kappa shape index (κ1) is 27.4. The molecule has 5 rings (SSSR count). The third-order valence-corrected chi connectivity index (χ3v) is 8.47. The van der Waals surface area contributed by atoms with Crippen LogP contribution in [0.1, 0.15) is 54.4 Å². The van der Waals surface area contributed by atoms with Gasteiger partial charge < -0.3 is 24.8 Å². The van der Waals surface area contributed by atoms with Crippen LogP contribution in [0.5, 0.6) is 0 Å². The molecule has 0 unspecified atom stereocenters. The number of aliphatic hydroxyl groups excluding tert-OH is 2. The average Bonchev–Trinajstić information content (AvgIpc) is 3.45. The molecule has 0 radical (unpaired) electrons. The van der Waals surface area contributed by atoms with Crippen LogP contribution < -0.4 is 0 Å². The average molecular weight is 534 g/mol.